The summed E-state index contributed by atoms with van der Waals surface area (Å²) in [6, 6.07) is 4.05. The maximum absolute atomic E-state index is 10.6. The van der Waals surface area contributed by atoms with Gasteiger partial charge in [-0.2, -0.15) is 26.3 Å². The molecule has 2 saturated heterocycles. The minimum atomic E-state index is -5.08. The zero-order chi connectivity index (χ0) is 26.2. The lowest BCUT2D eigenvalue weighted by Crippen LogP contribution is -2.43. The third-order valence-corrected chi connectivity index (χ3v) is 5.68. The summed E-state index contributed by atoms with van der Waals surface area (Å²) in [6.07, 6.45) is -5.80. The molecule has 0 aliphatic carbocycles. The minimum absolute atomic E-state index is 0.453. The van der Waals surface area contributed by atoms with Crippen LogP contribution in [0.5, 0.6) is 0 Å². The summed E-state index contributed by atoms with van der Waals surface area (Å²) in [7, 11) is 4.06. The Balaban J connectivity index is 0.000000343. The molecule has 1 aromatic heterocycles. The molecule has 2 aliphatic rings. The maximum atomic E-state index is 10.6. The Morgan fingerprint density at radius 3 is 2.00 bits per heavy atom. The van der Waals surface area contributed by atoms with Crippen molar-refractivity contribution in [2.24, 2.45) is 11.3 Å². The van der Waals surface area contributed by atoms with Gasteiger partial charge in [-0.3, -0.25) is 4.90 Å². The van der Waals surface area contributed by atoms with E-state index in [1.54, 1.807) is 6.26 Å². The Morgan fingerprint density at radius 2 is 1.62 bits per heavy atom. The highest BCUT2D eigenvalue weighted by molar-refractivity contribution is 5.73. The van der Waals surface area contributed by atoms with Gasteiger partial charge in [-0.15, -0.1) is 0 Å². The molecule has 2 aliphatic heterocycles. The predicted octanol–water partition coefficient (Wildman–Crippen LogP) is 3.34. The number of ether oxygens (including phenoxy) is 1. The molecule has 2 N–H and O–H groups in total. The number of aliphatic carboxylic acids is 2. The number of hydrogen-bond acceptors (Lipinski definition) is 6. The van der Waals surface area contributed by atoms with Gasteiger partial charge >= 0.3 is 24.3 Å². The molecule has 1 spiro atoms. The van der Waals surface area contributed by atoms with E-state index in [4.69, 9.17) is 29.0 Å². The van der Waals surface area contributed by atoms with Crippen molar-refractivity contribution in [3.8, 4) is 0 Å². The van der Waals surface area contributed by atoms with E-state index in [0.29, 0.717) is 11.3 Å². The normalized spacial score (nSPS) is 20.8. The van der Waals surface area contributed by atoms with Crippen molar-refractivity contribution >= 4 is 11.9 Å². The van der Waals surface area contributed by atoms with Crippen molar-refractivity contribution in [2.75, 3.05) is 46.9 Å². The number of likely N-dealkylation sites (tertiary alicyclic amines) is 2. The summed E-state index contributed by atoms with van der Waals surface area (Å²) in [4.78, 5) is 22.8. The molecule has 1 atom stereocenters. The number of alkyl halides is 6. The minimum Gasteiger partial charge on any atom is -0.475 e. The Kier molecular flexibility index (Phi) is 10.8. The summed E-state index contributed by atoms with van der Waals surface area (Å²) in [5.74, 6) is -3.78. The zero-order valence-electron chi connectivity index (χ0n) is 18.7. The number of piperidine rings is 1. The van der Waals surface area contributed by atoms with E-state index in [1.807, 2.05) is 13.2 Å². The van der Waals surface area contributed by atoms with Crippen LogP contribution in [0.4, 0.5) is 26.3 Å². The Morgan fingerprint density at radius 1 is 1.12 bits per heavy atom. The number of carboxylic acids is 2. The Bertz CT molecular complexity index is 737. The highest BCUT2D eigenvalue weighted by Crippen LogP contribution is 2.45. The molecule has 0 radical (unpaired) electrons. The summed E-state index contributed by atoms with van der Waals surface area (Å²) >= 11 is 0. The first-order valence-electron chi connectivity index (χ1n) is 10.1. The monoisotopic (exact) mass is 506 g/mol. The number of rotatable bonds is 4. The Labute approximate surface area is 192 Å². The van der Waals surface area contributed by atoms with Gasteiger partial charge in [-0.05, 0) is 50.5 Å². The fourth-order valence-electron chi connectivity index (χ4n) is 3.95. The largest absolute Gasteiger partial charge is 0.490 e. The van der Waals surface area contributed by atoms with Crippen LogP contribution < -0.4 is 0 Å². The molecular weight excluding hydrogens is 478 g/mol. The lowest BCUT2D eigenvalue weighted by molar-refractivity contribution is -0.193. The second-order valence-corrected chi connectivity index (χ2v) is 8.17. The average molecular weight is 506 g/mol. The molecule has 0 saturated carbocycles. The standard InChI is InChI=1S/C16H26N2O2.2C2HF3O2/c1-17-7-5-16(6-8-17)13-18(10-14(16)12-19-2)11-15-4-3-9-20-15;2*3-2(4,5)1(6)7/h3-4,9,14H,5-8,10-13H2,1-2H3;2*(H,6,7). The lowest BCUT2D eigenvalue weighted by atomic mass is 9.71. The van der Waals surface area contributed by atoms with Crippen LogP contribution >= 0.6 is 0 Å². The smallest absolute Gasteiger partial charge is 0.475 e. The third-order valence-electron chi connectivity index (χ3n) is 5.68. The van der Waals surface area contributed by atoms with Crippen LogP contribution in [0.25, 0.3) is 0 Å². The number of halogens is 6. The van der Waals surface area contributed by atoms with Crippen LogP contribution in [-0.4, -0.2) is 91.2 Å². The van der Waals surface area contributed by atoms with Crippen molar-refractivity contribution in [3.05, 3.63) is 24.2 Å². The van der Waals surface area contributed by atoms with Crippen molar-refractivity contribution < 1.29 is 55.3 Å². The number of hydrogen-bond donors (Lipinski definition) is 2. The summed E-state index contributed by atoms with van der Waals surface area (Å²) in [6.45, 7) is 6.58. The SMILES string of the molecule is COCC1CN(Cc2ccco2)CC12CCN(C)CC2.O=C(O)C(F)(F)F.O=C(O)C(F)(F)F. The van der Waals surface area contributed by atoms with Crippen LogP contribution in [0, 0.1) is 11.3 Å². The first kappa shape index (κ1) is 29.7. The van der Waals surface area contributed by atoms with E-state index in [-0.39, 0.29) is 0 Å². The molecule has 14 heteroatoms. The maximum Gasteiger partial charge on any atom is 0.490 e. The average Bonchev–Trinajstić information content (AvgIpc) is 3.33. The highest BCUT2D eigenvalue weighted by atomic mass is 19.4. The molecule has 1 aromatic rings. The van der Waals surface area contributed by atoms with Crippen LogP contribution in [-0.2, 0) is 20.9 Å². The van der Waals surface area contributed by atoms with E-state index < -0.39 is 24.3 Å². The van der Waals surface area contributed by atoms with Crippen molar-refractivity contribution in [2.45, 2.75) is 31.7 Å². The van der Waals surface area contributed by atoms with Gasteiger partial charge in [0.15, 0.2) is 0 Å². The number of carbonyl (C=O) groups is 2. The van der Waals surface area contributed by atoms with Crippen molar-refractivity contribution in [3.63, 3.8) is 0 Å². The van der Waals surface area contributed by atoms with Crippen molar-refractivity contribution in [1.82, 2.24) is 9.80 Å². The summed E-state index contributed by atoms with van der Waals surface area (Å²) < 4.78 is 74.5. The number of furan rings is 1. The number of methoxy groups -OCH3 is 1. The molecule has 0 aromatic carbocycles. The second-order valence-electron chi connectivity index (χ2n) is 8.17. The van der Waals surface area contributed by atoms with E-state index >= 15 is 0 Å². The molecule has 3 rings (SSSR count). The molecule has 196 valence electrons. The van der Waals surface area contributed by atoms with Gasteiger partial charge in [0.05, 0.1) is 19.4 Å². The quantitative estimate of drug-likeness (QED) is 0.600. The third kappa shape index (κ3) is 9.50. The van der Waals surface area contributed by atoms with E-state index in [0.717, 1.165) is 25.5 Å². The van der Waals surface area contributed by atoms with Gasteiger partial charge in [0, 0.05) is 26.1 Å². The Hall–Kier alpha value is -2.32. The van der Waals surface area contributed by atoms with Gasteiger partial charge in [0.1, 0.15) is 5.76 Å². The van der Waals surface area contributed by atoms with Gasteiger partial charge in [0.25, 0.3) is 0 Å². The molecule has 0 bridgehead atoms. The van der Waals surface area contributed by atoms with Gasteiger partial charge in [0.2, 0.25) is 0 Å². The zero-order valence-corrected chi connectivity index (χ0v) is 18.7. The van der Waals surface area contributed by atoms with E-state index in [2.05, 4.69) is 22.9 Å². The molecular formula is C20H28F6N2O6. The van der Waals surface area contributed by atoms with Crippen LogP contribution in [0.15, 0.2) is 22.8 Å². The summed E-state index contributed by atoms with van der Waals surface area (Å²) in [5.41, 5.74) is 0.453. The highest BCUT2D eigenvalue weighted by Gasteiger charge is 2.47. The fourth-order valence-corrected chi connectivity index (χ4v) is 3.95. The molecule has 3 heterocycles. The number of carboxylic acid groups (broad SMARTS) is 2. The van der Waals surface area contributed by atoms with Crippen molar-refractivity contribution in [1.29, 1.82) is 0 Å². The first-order chi connectivity index (χ1) is 15.6. The van der Waals surface area contributed by atoms with Crippen LogP contribution in [0.1, 0.15) is 18.6 Å². The van der Waals surface area contributed by atoms with E-state index in [1.165, 1.54) is 32.5 Å². The molecule has 34 heavy (non-hydrogen) atoms. The predicted molar refractivity (Wildman–Crippen MR) is 106 cm³/mol. The van der Waals surface area contributed by atoms with Crippen LogP contribution in [0.2, 0.25) is 0 Å². The van der Waals surface area contributed by atoms with Crippen LogP contribution in [0.3, 0.4) is 0 Å². The number of nitrogens with zero attached hydrogens (tertiary/aromatic N) is 2. The molecule has 0 amide bonds. The summed E-state index contributed by atoms with van der Waals surface area (Å²) in [5, 5.41) is 14.2. The molecule has 1 unspecified atom stereocenters. The lowest BCUT2D eigenvalue weighted by Gasteiger charge is -2.41. The van der Waals surface area contributed by atoms with Gasteiger partial charge in [-0.25, -0.2) is 9.59 Å². The topological polar surface area (TPSA) is 103 Å². The second kappa shape index (κ2) is 12.4. The van der Waals surface area contributed by atoms with E-state index in [9.17, 15) is 26.3 Å². The first-order valence-corrected chi connectivity index (χ1v) is 10.1. The van der Waals surface area contributed by atoms with Gasteiger partial charge in [-0.1, -0.05) is 0 Å². The molecule has 8 nitrogen and oxygen atoms in total. The fraction of sp³-hybridized carbons (Fsp3) is 0.700. The molecule has 2 fully saturated rings. The van der Waals surface area contributed by atoms with Gasteiger partial charge < -0.3 is 24.3 Å².